The maximum Gasteiger partial charge on any atom is 0.266 e. The Labute approximate surface area is 164 Å². The van der Waals surface area contributed by atoms with Gasteiger partial charge in [-0.05, 0) is 56.5 Å². The van der Waals surface area contributed by atoms with Crippen molar-refractivity contribution in [2.75, 3.05) is 11.9 Å². The van der Waals surface area contributed by atoms with Gasteiger partial charge >= 0.3 is 0 Å². The number of amides is 1. The van der Waals surface area contributed by atoms with Crippen LogP contribution in [-0.4, -0.2) is 23.2 Å². The number of benzene rings is 1. The van der Waals surface area contributed by atoms with E-state index in [-0.39, 0.29) is 11.7 Å². The van der Waals surface area contributed by atoms with Crippen molar-refractivity contribution >= 4 is 29.3 Å². The lowest BCUT2D eigenvalue weighted by Gasteiger charge is -2.14. The van der Waals surface area contributed by atoms with Crippen LogP contribution in [0.3, 0.4) is 0 Å². The molecule has 1 saturated heterocycles. The van der Waals surface area contributed by atoms with Gasteiger partial charge in [0, 0.05) is 24.5 Å². The number of ether oxygens (including phenoxy) is 1. The van der Waals surface area contributed by atoms with Crippen molar-refractivity contribution in [1.29, 1.82) is 5.26 Å². The third-order valence-electron chi connectivity index (χ3n) is 4.81. The highest BCUT2D eigenvalue weighted by Gasteiger charge is 2.19. The smallest absolute Gasteiger partial charge is 0.266 e. The normalized spacial score (nSPS) is 17.0. The van der Waals surface area contributed by atoms with E-state index in [9.17, 15) is 10.1 Å². The maximum absolute atomic E-state index is 12.5. The van der Waals surface area contributed by atoms with E-state index in [0.29, 0.717) is 10.7 Å². The summed E-state index contributed by atoms with van der Waals surface area (Å²) in [7, 11) is 0. The van der Waals surface area contributed by atoms with E-state index < -0.39 is 5.91 Å². The molecule has 1 aliphatic heterocycles. The van der Waals surface area contributed by atoms with Crippen molar-refractivity contribution in [2.45, 2.75) is 39.3 Å². The summed E-state index contributed by atoms with van der Waals surface area (Å²) < 4.78 is 7.91. The van der Waals surface area contributed by atoms with Crippen LogP contribution in [0.4, 0.5) is 5.69 Å². The molecule has 1 aliphatic rings. The van der Waals surface area contributed by atoms with Crippen molar-refractivity contribution in [3.05, 3.63) is 57.9 Å². The largest absolute Gasteiger partial charge is 0.376 e. The van der Waals surface area contributed by atoms with Crippen molar-refractivity contribution in [1.82, 2.24) is 4.57 Å². The molecule has 140 valence electrons. The molecule has 27 heavy (non-hydrogen) atoms. The summed E-state index contributed by atoms with van der Waals surface area (Å²) in [6.07, 6.45) is 4.01. The minimum Gasteiger partial charge on any atom is -0.376 e. The lowest BCUT2D eigenvalue weighted by atomic mass is 10.1. The molecule has 3 rings (SSSR count). The first-order valence-electron chi connectivity index (χ1n) is 8.95. The Morgan fingerprint density at radius 2 is 2.22 bits per heavy atom. The second-order valence-electron chi connectivity index (χ2n) is 6.68. The number of nitrogens with one attached hydrogen (secondary N) is 1. The summed E-state index contributed by atoms with van der Waals surface area (Å²) >= 11 is 6.07. The zero-order valence-electron chi connectivity index (χ0n) is 15.5. The fourth-order valence-electron chi connectivity index (χ4n) is 3.30. The number of aryl methyl sites for hydroxylation is 1. The Hall–Kier alpha value is -2.55. The number of para-hydroxylation sites is 1. The van der Waals surface area contributed by atoms with Gasteiger partial charge in [0.05, 0.1) is 16.8 Å². The van der Waals surface area contributed by atoms with Gasteiger partial charge in [0.2, 0.25) is 0 Å². The molecule has 6 heteroatoms. The predicted octanol–water partition coefficient (Wildman–Crippen LogP) is 4.48. The summed E-state index contributed by atoms with van der Waals surface area (Å²) in [4.78, 5) is 12.5. The Kier molecular flexibility index (Phi) is 6.00. The van der Waals surface area contributed by atoms with E-state index >= 15 is 0 Å². The summed E-state index contributed by atoms with van der Waals surface area (Å²) in [5.41, 5.74) is 3.47. The molecule has 1 fully saturated rings. The Bertz CT molecular complexity index is 918. The number of halogens is 1. The number of nitrogens with zero attached hydrogens (tertiary/aromatic N) is 2. The van der Waals surface area contributed by atoms with Crippen LogP contribution in [-0.2, 0) is 16.1 Å². The first-order valence-corrected chi connectivity index (χ1v) is 9.33. The minimum absolute atomic E-state index is 0.0345. The van der Waals surface area contributed by atoms with Crippen LogP contribution < -0.4 is 5.32 Å². The molecular weight excluding hydrogens is 362 g/mol. The number of hydrogen-bond acceptors (Lipinski definition) is 3. The van der Waals surface area contributed by atoms with Gasteiger partial charge in [-0.25, -0.2) is 0 Å². The summed E-state index contributed by atoms with van der Waals surface area (Å²) in [6, 6.07) is 10.9. The average molecular weight is 384 g/mol. The second kappa shape index (κ2) is 8.43. The zero-order chi connectivity index (χ0) is 19.4. The molecule has 1 aromatic carbocycles. The molecule has 0 radical (unpaired) electrons. The molecule has 2 aromatic rings. The van der Waals surface area contributed by atoms with Gasteiger partial charge in [-0.2, -0.15) is 5.26 Å². The first kappa shape index (κ1) is 19.2. The highest BCUT2D eigenvalue weighted by atomic mass is 35.5. The average Bonchev–Trinajstić information content (AvgIpc) is 3.25. The molecule has 0 aliphatic carbocycles. The Morgan fingerprint density at radius 1 is 1.44 bits per heavy atom. The number of anilines is 1. The summed E-state index contributed by atoms with van der Waals surface area (Å²) in [6.45, 7) is 5.63. The van der Waals surface area contributed by atoms with E-state index in [1.807, 2.05) is 26.0 Å². The molecule has 0 spiro atoms. The third kappa shape index (κ3) is 4.41. The monoisotopic (exact) mass is 383 g/mol. The van der Waals surface area contributed by atoms with Gasteiger partial charge < -0.3 is 14.6 Å². The van der Waals surface area contributed by atoms with E-state index in [0.717, 1.165) is 42.9 Å². The molecular formula is C21H22ClN3O2. The summed E-state index contributed by atoms with van der Waals surface area (Å²) in [5.74, 6) is -0.477. The van der Waals surface area contributed by atoms with Crippen molar-refractivity contribution < 1.29 is 9.53 Å². The highest BCUT2D eigenvalue weighted by molar-refractivity contribution is 6.34. The fraction of sp³-hybridized carbons (Fsp3) is 0.333. The third-order valence-corrected chi connectivity index (χ3v) is 5.14. The topological polar surface area (TPSA) is 67.0 Å². The number of aromatic nitrogens is 1. The van der Waals surface area contributed by atoms with Gasteiger partial charge in [0.1, 0.15) is 11.6 Å². The lowest BCUT2D eigenvalue weighted by molar-refractivity contribution is -0.112. The van der Waals surface area contributed by atoms with Crippen LogP contribution in [0, 0.1) is 25.2 Å². The number of carbonyl (C=O) groups excluding carboxylic acids is 1. The van der Waals surface area contributed by atoms with E-state index in [1.54, 1.807) is 30.3 Å². The molecule has 1 amide bonds. The first-order chi connectivity index (χ1) is 13.0. The number of rotatable bonds is 5. The van der Waals surface area contributed by atoms with E-state index in [1.165, 1.54) is 0 Å². The van der Waals surface area contributed by atoms with Crippen LogP contribution in [0.15, 0.2) is 35.9 Å². The molecule has 1 N–H and O–H groups in total. The second-order valence-corrected chi connectivity index (χ2v) is 7.08. The quantitative estimate of drug-likeness (QED) is 0.611. The maximum atomic E-state index is 12.5. The van der Waals surface area contributed by atoms with Gasteiger partial charge in [0.25, 0.3) is 5.91 Å². The van der Waals surface area contributed by atoms with Crippen LogP contribution in [0.2, 0.25) is 5.02 Å². The minimum atomic E-state index is -0.477. The number of hydrogen-bond donors (Lipinski definition) is 1. The highest BCUT2D eigenvalue weighted by Crippen LogP contribution is 2.24. The van der Waals surface area contributed by atoms with E-state index in [2.05, 4.69) is 9.88 Å². The van der Waals surface area contributed by atoms with Crippen LogP contribution in [0.25, 0.3) is 6.08 Å². The van der Waals surface area contributed by atoms with Gasteiger partial charge in [-0.1, -0.05) is 23.7 Å². The lowest BCUT2D eigenvalue weighted by Crippen LogP contribution is -2.17. The fourth-order valence-corrected chi connectivity index (χ4v) is 3.49. The molecule has 5 nitrogen and oxygen atoms in total. The summed E-state index contributed by atoms with van der Waals surface area (Å²) in [5, 5.41) is 12.6. The zero-order valence-corrected chi connectivity index (χ0v) is 16.2. The van der Waals surface area contributed by atoms with Crippen molar-refractivity contribution in [2.24, 2.45) is 0 Å². The number of carbonyl (C=O) groups is 1. The van der Waals surface area contributed by atoms with Gasteiger partial charge in [0.15, 0.2) is 0 Å². The van der Waals surface area contributed by atoms with Crippen molar-refractivity contribution in [3.8, 4) is 6.07 Å². The van der Waals surface area contributed by atoms with Crippen LogP contribution in [0.5, 0.6) is 0 Å². The van der Waals surface area contributed by atoms with Gasteiger partial charge in [-0.3, -0.25) is 4.79 Å². The molecule has 0 saturated carbocycles. The van der Waals surface area contributed by atoms with E-state index in [4.69, 9.17) is 16.3 Å². The van der Waals surface area contributed by atoms with Crippen LogP contribution >= 0.6 is 11.6 Å². The number of nitriles is 1. The molecule has 0 bridgehead atoms. The van der Waals surface area contributed by atoms with Gasteiger partial charge in [-0.15, -0.1) is 0 Å². The van der Waals surface area contributed by atoms with Crippen molar-refractivity contribution in [3.63, 3.8) is 0 Å². The molecule has 2 heterocycles. The molecule has 1 atom stereocenters. The van der Waals surface area contributed by atoms with Crippen LogP contribution in [0.1, 0.15) is 29.8 Å². The molecule has 1 aromatic heterocycles. The molecule has 1 unspecified atom stereocenters. The Morgan fingerprint density at radius 3 is 2.89 bits per heavy atom. The standard InChI is InChI=1S/C21H22ClN3O2/c1-14-10-16(15(2)25(14)13-18-6-5-9-27-18)11-17(12-23)21(26)24-20-8-4-3-7-19(20)22/h3-4,7-8,10-11,18H,5-6,9,13H2,1-2H3,(H,24,26)/b17-11+. The predicted molar refractivity (Wildman–Crippen MR) is 107 cm³/mol. The SMILES string of the molecule is Cc1cc(/C=C(\C#N)C(=O)Nc2ccccc2Cl)c(C)n1CC1CCCO1. The Balaban J connectivity index is 1.82.